The lowest BCUT2D eigenvalue weighted by atomic mass is 10.00. The van der Waals surface area contributed by atoms with Crippen LogP contribution in [-0.2, 0) is 10.0 Å². The number of hydrogen-bond donors (Lipinski definition) is 1. The highest BCUT2D eigenvalue weighted by molar-refractivity contribution is 7.92. The summed E-state index contributed by atoms with van der Waals surface area (Å²) in [6.07, 6.45) is 0. The van der Waals surface area contributed by atoms with E-state index in [0.29, 0.717) is 11.3 Å². The van der Waals surface area contributed by atoms with Crippen molar-refractivity contribution >= 4 is 21.5 Å². The van der Waals surface area contributed by atoms with Crippen LogP contribution in [0.5, 0.6) is 0 Å². The van der Waals surface area contributed by atoms with Crippen LogP contribution in [0.2, 0.25) is 0 Å². The van der Waals surface area contributed by atoms with Crippen LogP contribution in [-0.4, -0.2) is 14.2 Å². The molecule has 1 N–H and O–H groups in total. The van der Waals surface area contributed by atoms with Gasteiger partial charge in [0.05, 0.1) is 10.6 Å². The first-order valence-electron chi connectivity index (χ1n) is 7.04. The van der Waals surface area contributed by atoms with E-state index in [1.807, 2.05) is 6.92 Å². The molecule has 2 rings (SSSR count). The third-order valence-electron chi connectivity index (χ3n) is 3.29. The van der Waals surface area contributed by atoms with Gasteiger partial charge >= 0.3 is 0 Å². The number of ketones is 1. The van der Waals surface area contributed by atoms with E-state index < -0.39 is 10.0 Å². The van der Waals surface area contributed by atoms with E-state index in [9.17, 15) is 13.2 Å². The molecule has 0 fully saturated rings. The van der Waals surface area contributed by atoms with Crippen LogP contribution in [0.1, 0.15) is 29.8 Å². The molecule has 0 atom stereocenters. The molecule has 0 heterocycles. The fourth-order valence-electron chi connectivity index (χ4n) is 2.02. The summed E-state index contributed by atoms with van der Waals surface area (Å²) in [4.78, 5) is 12.4. The van der Waals surface area contributed by atoms with Crippen molar-refractivity contribution in [1.29, 1.82) is 0 Å². The molecule has 22 heavy (non-hydrogen) atoms. The Morgan fingerprint density at radius 3 is 2.18 bits per heavy atom. The average molecular weight is 317 g/mol. The largest absolute Gasteiger partial charge is 0.294 e. The molecule has 0 unspecified atom stereocenters. The maximum Gasteiger partial charge on any atom is 0.261 e. The Labute approximate surface area is 131 Å². The number of para-hydroxylation sites is 1. The predicted molar refractivity (Wildman–Crippen MR) is 87.6 cm³/mol. The lowest BCUT2D eigenvalue weighted by Gasteiger charge is -2.13. The SMILES string of the molecule is Cc1ccc(S(=O)(=O)Nc2ccccc2C(=O)C(C)C)cc1. The maximum atomic E-state index is 12.4. The molecule has 0 bridgehead atoms. The molecule has 0 spiro atoms. The van der Waals surface area contributed by atoms with Gasteiger partial charge in [-0.1, -0.05) is 43.7 Å². The number of benzene rings is 2. The van der Waals surface area contributed by atoms with Crippen molar-refractivity contribution in [3.8, 4) is 0 Å². The molecule has 0 aliphatic heterocycles. The van der Waals surface area contributed by atoms with E-state index in [4.69, 9.17) is 0 Å². The molecule has 0 aliphatic carbocycles. The number of sulfonamides is 1. The van der Waals surface area contributed by atoms with Crippen LogP contribution < -0.4 is 4.72 Å². The number of rotatable bonds is 5. The highest BCUT2D eigenvalue weighted by Gasteiger charge is 2.19. The van der Waals surface area contributed by atoms with Crippen LogP contribution in [0.25, 0.3) is 0 Å². The zero-order valence-electron chi connectivity index (χ0n) is 12.8. The van der Waals surface area contributed by atoms with Gasteiger partial charge in [-0.25, -0.2) is 8.42 Å². The van der Waals surface area contributed by atoms with Gasteiger partial charge < -0.3 is 0 Å². The second kappa shape index (κ2) is 6.32. The molecule has 2 aromatic carbocycles. The lowest BCUT2D eigenvalue weighted by molar-refractivity contribution is 0.0940. The van der Waals surface area contributed by atoms with E-state index in [0.717, 1.165) is 5.56 Å². The minimum atomic E-state index is -3.71. The van der Waals surface area contributed by atoms with E-state index >= 15 is 0 Å². The first-order valence-corrected chi connectivity index (χ1v) is 8.52. The van der Waals surface area contributed by atoms with E-state index in [2.05, 4.69) is 4.72 Å². The van der Waals surface area contributed by atoms with Gasteiger partial charge in [0.2, 0.25) is 0 Å². The van der Waals surface area contributed by atoms with Gasteiger partial charge in [-0.2, -0.15) is 0 Å². The van der Waals surface area contributed by atoms with Gasteiger partial charge in [0.25, 0.3) is 10.0 Å². The number of aryl methyl sites for hydroxylation is 1. The molecule has 0 aliphatic rings. The molecular weight excluding hydrogens is 298 g/mol. The van der Waals surface area contributed by atoms with Crippen molar-refractivity contribution < 1.29 is 13.2 Å². The number of carbonyl (C=O) groups is 1. The van der Waals surface area contributed by atoms with Gasteiger partial charge in [-0.3, -0.25) is 9.52 Å². The summed E-state index contributed by atoms with van der Waals surface area (Å²) in [5, 5.41) is 0. The molecule has 0 saturated carbocycles. The van der Waals surface area contributed by atoms with Crippen molar-refractivity contribution in [2.75, 3.05) is 4.72 Å². The summed E-state index contributed by atoms with van der Waals surface area (Å²) < 4.78 is 27.4. The third kappa shape index (κ3) is 3.54. The summed E-state index contributed by atoms with van der Waals surface area (Å²) in [7, 11) is -3.71. The summed E-state index contributed by atoms with van der Waals surface area (Å²) in [5.74, 6) is -0.299. The van der Waals surface area contributed by atoms with Gasteiger partial charge in [0.1, 0.15) is 0 Å². The smallest absolute Gasteiger partial charge is 0.261 e. The summed E-state index contributed by atoms with van der Waals surface area (Å²) in [6, 6.07) is 13.2. The predicted octanol–water partition coefficient (Wildman–Crippen LogP) is 3.63. The first-order chi connectivity index (χ1) is 10.3. The molecule has 0 aromatic heterocycles. The lowest BCUT2D eigenvalue weighted by Crippen LogP contribution is -2.17. The fourth-order valence-corrected chi connectivity index (χ4v) is 3.10. The zero-order valence-corrected chi connectivity index (χ0v) is 13.6. The standard InChI is InChI=1S/C17H19NO3S/c1-12(2)17(19)15-6-4-5-7-16(15)18-22(20,21)14-10-8-13(3)9-11-14/h4-12,18H,1-3H3. The molecular formula is C17H19NO3S. The van der Waals surface area contributed by atoms with Gasteiger partial charge in [0.15, 0.2) is 5.78 Å². The van der Waals surface area contributed by atoms with Gasteiger partial charge in [-0.15, -0.1) is 0 Å². The van der Waals surface area contributed by atoms with Crippen LogP contribution in [0.3, 0.4) is 0 Å². The van der Waals surface area contributed by atoms with Crippen molar-refractivity contribution in [3.05, 3.63) is 59.7 Å². The van der Waals surface area contributed by atoms with Crippen LogP contribution in [0.15, 0.2) is 53.4 Å². The Morgan fingerprint density at radius 2 is 1.59 bits per heavy atom. The molecule has 0 saturated heterocycles. The Morgan fingerprint density at radius 1 is 1.00 bits per heavy atom. The van der Waals surface area contributed by atoms with Crippen LogP contribution in [0.4, 0.5) is 5.69 Å². The fraction of sp³-hybridized carbons (Fsp3) is 0.235. The minimum absolute atomic E-state index is 0.0952. The minimum Gasteiger partial charge on any atom is -0.294 e. The number of anilines is 1. The van der Waals surface area contributed by atoms with Crippen molar-refractivity contribution in [2.45, 2.75) is 25.7 Å². The molecule has 2 aromatic rings. The second-order valence-electron chi connectivity index (χ2n) is 5.48. The number of hydrogen-bond acceptors (Lipinski definition) is 3. The number of Topliss-reactive ketones (excluding diaryl/α,β-unsaturated/α-hetero) is 1. The number of nitrogens with one attached hydrogen (secondary N) is 1. The summed E-state index contributed by atoms with van der Waals surface area (Å²) in [5.41, 5.74) is 1.67. The number of carbonyl (C=O) groups excluding carboxylic acids is 1. The molecule has 116 valence electrons. The normalized spacial score (nSPS) is 11.5. The van der Waals surface area contributed by atoms with Gasteiger partial charge in [0, 0.05) is 11.5 Å². The zero-order chi connectivity index (χ0) is 16.3. The van der Waals surface area contributed by atoms with E-state index in [1.54, 1.807) is 62.4 Å². The van der Waals surface area contributed by atoms with Crippen molar-refractivity contribution in [3.63, 3.8) is 0 Å². The summed E-state index contributed by atoms with van der Waals surface area (Å²) in [6.45, 7) is 5.46. The highest BCUT2D eigenvalue weighted by atomic mass is 32.2. The monoisotopic (exact) mass is 317 g/mol. The topological polar surface area (TPSA) is 63.2 Å². The second-order valence-corrected chi connectivity index (χ2v) is 7.17. The Hall–Kier alpha value is -2.14. The van der Waals surface area contributed by atoms with E-state index in [1.165, 1.54) is 0 Å². The van der Waals surface area contributed by atoms with Crippen LogP contribution >= 0.6 is 0 Å². The third-order valence-corrected chi connectivity index (χ3v) is 4.67. The summed E-state index contributed by atoms with van der Waals surface area (Å²) >= 11 is 0. The quantitative estimate of drug-likeness (QED) is 0.856. The van der Waals surface area contributed by atoms with Crippen LogP contribution in [0, 0.1) is 12.8 Å². The van der Waals surface area contributed by atoms with Crippen molar-refractivity contribution in [1.82, 2.24) is 0 Å². The Balaban J connectivity index is 2.38. The van der Waals surface area contributed by atoms with E-state index in [-0.39, 0.29) is 16.6 Å². The Bertz CT molecular complexity index is 778. The Kier molecular flexibility index (Phi) is 4.66. The molecule has 0 amide bonds. The first kappa shape index (κ1) is 16.2. The highest BCUT2D eigenvalue weighted by Crippen LogP contribution is 2.22. The van der Waals surface area contributed by atoms with Crippen molar-refractivity contribution in [2.24, 2.45) is 5.92 Å². The molecule has 4 nitrogen and oxygen atoms in total. The van der Waals surface area contributed by atoms with Gasteiger partial charge in [-0.05, 0) is 31.2 Å². The molecule has 5 heteroatoms. The maximum absolute atomic E-state index is 12.4. The average Bonchev–Trinajstić information content (AvgIpc) is 2.47. The molecule has 0 radical (unpaired) electrons.